The van der Waals surface area contributed by atoms with E-state index >= 15 is 0 Å². The lowest BCUT2D eigenvalue weighted by atomic mass is 10.2. The van der Waals surface area contributed by atoms with Crippen LogP contribution in [-0.2, 0) is 4.79 Å². The highest BCUT2D eigenvalue weighted by molar-refractivity contribution is 7.18. The molecule has 0 aliphatic heterocycles. The van der Waals surface area contributed by atoms with Gasteiger partial charge in [0.25, 0.3) is 11.5 Å². The Bertz CT molecular complexity index is 1350. The third kappa shape index (κ3) is 4.15. The first-order valence-electron chi connectivity index (χ1n) is 11.2. The van der Waals surface area contributed by atoms with Crippen molar-refractivity contribution in [3.8, 4) is 0 Å². The number of fused-ring (bicyclic) bond motifs is 1. The predicted octanol–water partition coefficient (Wildman–Crippen LogP) is 4.14. The zero-order chi connectivity index (χ0) is 24.8. The standard InChI is InChI=1S/C21H22ClN5O3S/c1-10(2)27-8-13(22)18-17(21(27)30)15(9-31-18)25-14-6-16(26-19(28)11-4-5-11)24-7-12(14)20(29)23-3/h6-11H,4-5H2,1-3H3,(H,23,29)(H2,24,25,26,28)/i3D3. The van der Waals surface area contributed by atoms with Crippen LogP contribution in [-0.4, -0.2) is 28.3 Å². The molecular weight excluding hydrogens is 438 g/mol. The number of carbonyl (C=O) groups excluding carboxylic acids is 2. The van der Waals surface area contributed by atoms with Crippen molar-refractivity contribution in [2.24, 2.45) is 5.92 Å². The van der Waals surface area contributed by atoms with Gasteiger partial charge in [-0.1, -0.05) is 11.6 Å². The van der Waals surface area contributed by atoms with Gasteiger partial charge in [-0.05, 0) is 26.7 Å². The van der Waals surface area contributed by atoms with E-state index in [2.05, 4.69) is 15.6 Å². The molecule has 4 rings (SSSR count). The van der Waals surface area contributed by atoms with Crippen molar-refractivity contribution in [2.45, 2.75) is 32.7 Å². The molecule has 1 saturated carbocycles. The highest BCUT2D eigenvalue weighted by Crippen LogP contribution is 2.36. The summed E-state index contributed by atoms with van der Waals surface area (Å²) in [5.74, 6) is -0.922. The summed E-state index contributed by atoms with van der Waals surface area (Å²) in [5, 5.41) is 10.1. The zero-order valence-electron chi connectivity index (χ0n) is 19.8. The molecule has 1 fully saturated rings. The van der Waals surface area contributed by atoms with Crippen LogP contribution in [0.15, 0.2) is 28.6 Å². The Labute approximate surface area is 191 Å². The third-order valence-electron chi connectivity index (χ3n) is 5.00. The Balaban J connectivity index is 1.78. The Morgan fingerprint density at radius 1 is 1.35 bits per heavy atom. The highest BCUT2D eigenvalue weighted by Gasteiger charge is 2.30. The first kappa shape index (κ1) is 17.7. The molecular formula is C21H22ClN5O3S. The molecule has 0 saturated heterocycles. The first-order valence-corrected chi connectivity index (χ1v) is 10.9. The first-order chi connectivity index (χ1) is 15.9. The van der Waals surface area contributed by atoms with Crippen LogP contribution < -0.4 is 21.5 Å². The van der Waals surface area contributed by atoms with Gasteiger partial charge < -0.3 is 20.5 Å². The number of nitrogens with one attached hydrogen (secondary N) is 3. The molecule has 8 nitrogen and oxygen atoms in total. The fourth-order valence-electron chi connectivity index (χ4n) is 3.18. The van der Waals surface area contributed by atoms with Gasteiger partial charge in [-0.3, -0.25) is 14.4 Å². The van der Waals surface area contributed by atoms with Gasteiger partial charge in [-0.2, -0.15) is 0 Å². The number of hydrogen-bond donors (Lipinski definition) is 3. The molecule has 1 aliphatic rings. The van der Waals surface area contributed by atoms with Crippen LogP contribution in [0.4, 0.5) is 17.2 Å². The van der Waals surface area contributed by atoms with E-state index in [1.807, 2.05) is 19.2 Å². The molecule has 1 aliphatic carbocycles. The van der Waals surface area contributed by atoms with Crippen LogP contribution in [0.25, 0.3) is 10.1 Å². The van der Waals surface area contributed by atoms with Gasteiger partial charge in [-0.25, -0.2) is 4.98 Å². The number of pyridine rings is 2. The van der Waals surface area contributed by atoms with E-state index < -0.39 is 12.9 Å². The molecule has 3 aromatic rings. The predicted molar refractivity (Wildman–Crippen MR) is 124 cm³/mol. The molecule has 162 valence electrons. The van der Waals surface area contributed by atoms with Crippen LogP contribution in [0.1, 0.15) is 47.2 Å². The Hall–Kier alpha value is -2.91. The zero-order valence-corrected chi connectivity index (χ0v) is 18.4. The number of nitrogens with zero attached hydrogens (tertiary/aromatic N) is 2. The minimum atomic E-state index is -2.71. The maximum Gasteiger partial charge on any atom is 0.261 e. The molecule has 0 spiro atoms. The van der Waals surface area contributed by atoms with Crippen LogP contribution in [0.5, 0.6) is 0 Å². The molecule has 3 aromatic heterocycles. The number of amides is 2. The Morgan fingerprint density at radius 2 is 2.13 bits per heavy atom. The average Bonchev–Trinajstić information content (AvgIpc) is 3.50. The molecule has 10 heteroatoms. The van der Waals surface area contributed by atoms with Crippen molar-refractivity contribution in [3.05, 3.63) is 44.8 Å². The van der Waals surface area contributed by atoms with Gasteiger partial charge in [-0.15, -0.1) is 11.3 Å². The molecule has 0 aromatic carbocycles. The number of thiophene rings is 1. The smallest absolute Gasteiger partial charge is 0.261 e. The van der Waals surface area contributed by atoms with E-state index in [0.29, 0.717) is 20.8 Å². The topological polar surface area (TPSA) is 105 Å². The number of anilines is 3. The van der Waals surface area contributed by atoms with Gasteiger partial charge in [0.2, 0.25) is 5.91 Å². The largest absolute Gasteiger partial charge is 0.355 e. The van der Waals surface area contributed by atoms with E-state index in [9.17, 15) is 14.4 Å². The van der Waals surface area contributed by atoms with E-state index in [0.717, 1.165) is 12.8 Å². The summed E-state index contributed by atoms with van der Waals surface area (Å²) >= 11 is 7.67. The number of rotatable bonds is 6. The minimum absolute atomic E-state index is 0.0609. The van der Waals surface area contributed by atoms with Crippen molar-refractivity contribution < 1.29 is 13.7 Å². The number of aromatic nitrogens is 2. The highest BCUT2D eigenvalue weighted by atomic mass is 35.5. The van der Waals surface area contributed by atoms with Gasteiger partial charge in [0.05, 0.1) is 32.0 Å². The maximum absolute atomic E-state index is 13.1. The molecule has 0 bridgehead atoms. The maximum atomic E-state index is 13.1. The summed E-state index contributed by atoms with van der Waals surface area (Å²) in [6.45, 7) is 1.01. The van der Waals surface area contributed by atoms with E-state index in [4.69, 9.17) is 15.7 Å². The SMILES string of the molecule is [2H]C([2H])([2H])NC(=O)c1cnc(NC(=O)C2CC2)cc1Nc1csc2c(Cl)cn(C(C)C)c(=O)c12. The molecule has 0 unspecified atom stereocenters. The lowest BCUT2D eigenvalue weighted by Crippen LogP contribution is -2.22. The number of halogens is 1. The normalized spacial score (nSPS) is 15.3. The van der Waals surface area contributed by atoms with Crippen molar-refractivity contribution in [2.75, 3.05) is 17.6 Å². The summed E-state index contributed by atoms with van der Waals surface area (Å²) in [6.07, 6.45) is 4.38. The minimum Gasteiger partial charge on any atom is -0.355 e. The van der Waals surface area contributed by atoms with Crippen molar-refractivity contribution >= 4 is 62.0 Å². The summed E-state index contributed by atoms with van der Waals surface area (Å²) in [4.78, 5) is 42.1. The molecule has 3 heterocycles. The molecule has 0 radical (unpaired) electrons. The van der Waals surface area contributed by atoms with Gasteiger partial charge >= 0.3 is 0 Å². The van der Waals surface area contributed by atoms with Crippen LogP contribution in [0.2, 0.25) is 5.02 Å². The summed E-state index contributed by atoms with van der Waals surface area (Å²) < 4.78 is 24.1. The van der Waals surface area contributed by atoms with Crippen LogP contribution >= 0.6 is 22.9 Å². The molecule has 2 amide bonds. The molecule has 3 N–H and O–H groups in total. The van der Waals surface area contributed by atoms with E-state index in [-0.39, 0.29) is 40.5 Å². The molecule has 0 atom stereocenters. The van der Waals surface area contributed by atoms with E-state index in [1.165, 1.54) is 28.2 Å². The van der Waals surface area contributed by atoms with Gasteiger partial charge in [0.15, 0.2) is 0 Å². The second-order valence-corrected chi connectivity index (χ2v) is 8.88. The Kier molecular flexibility index (Phi) is 4.76. The lowest BCUT2D eigenvalue weighted by molar-refractivity contribution is -0.117. The van der Waals surface area contributed by atoms with Crippen LogP contribution in [0.3, 0.4) is 0 Å². The summed E-state index contributed by atoms with van der Waals surface area (Å²) in [5.41, 5.74) is 0.252. The van der Waals surface area contributed by atoms with Crippen molar-refractivity contribution in [3.63, 3.8) is 0 Å². The number of carbonyl (C=O) groups is 2. The third-order valence-corrected chi connectivity index (χ3v) is 6.41. The average molecular weight is 463 g/mol. The second-order valence-electron chi connectivity index (χ2n) is 7.59. The van der Waals surface area contributed by atoms with Crippen molar-refractivity contribution in [1.82, 2.24) is 14.9 Å². The fraction of sp³-hybridized carbons (Fsp3) is 0.333. The lowest BCUT2D eigenvalue weighted by Gasteiger charge is -2.14. The van der Waals surface area contributed by atoms with Gasteiger partial charge in [0, 0.05) is 46.9 Å². The summed E-state index contributed by atoms with van der Waals surface area (Å²) in [6, 6.07) is 1.30. The van der Waals surface area contributed by atoms with E-state index in [1.54, 1.807) is 11.6 Å². The fourth-order valence-corrected chi connectivity index (χ4v) is 4.41. The number of hydrogen-bond acceptors (Lipinski definition) is 6. The summed E-state index contributed by atoms with van der Waals surface area (Å²) in [7, 11) is 0. The Morgan fingerprint density at radius 3 is 2.81 bits per heavy atom. The molecule has 31 heavy (non-hydrogen) atoms. The monoisotopic (exact) mass is 462 g/mol. The quantitative estimate of drug-likeness (QED) is 0.510. The van der Waals surface area contributed by atoms with Gasteiger partial charge in [0.1, 0.15) is 5.82 Å². The second kappa shape index (κ2) is 8.32. The van der Waals surface area contributed by atoms with Crippen LogP contribution in [0, 0.1) is 5.92 Å². The van der Waals surface area contributed by atoms with Crippen molar-refractivity contribution in [1.29, 1.82) is 0 Å².